The second kappa shape index (κ2) is 8.66. The minimum atomic E-state index is -0.655. The highest BCUT2D eigenvalue weighted by molar-refractivity contribution is 6.63. The summed E-state index contributed by atoms with van der Waals surface area (Å²) in [5, 5.41) is 0. The van der Waals surface area contributed by atoms with Gasteiger partial charge in [0.2, 0.25) is 0 Å². The lowest BCUT2D eigenvalue weighted by Gasteiger charge is -2.41. The smallest absolute Gasteiger partial charge is 0.485 e. The lowest BCUT2D eigenvalue weighted by Crippen LogP contribution is -2.51. The van der Waals surface area contributed by atoms with Crippen molar-refractivity contribution in [2.24, 2.45) is 0 Å². The lowest BCUT2D eigenvalue weighted by molar-refractivity contribution is -0.141. The van der Waals surface area contributed by atoms with E-state index in [4.69, 9.17) is 18.8 Å². The summed E-state index contributed by atoms with van der Waals surface area (Å²) in [6.07, 6.45) is 0.822. The zero-order valence-corrected chi connectivity index (χ0v) is 20.5. The molecule has 0 spiro atoms. The van der Waals surface area contributed by atoms with E-state index in [0.717, 1.165) is 11.8 Å². The van der Waals surface area contributed by atoms with E-state index >= 15 is 0 Å². The molecule has 0 radical (unpaired) electrons. The van der Waals surface area contributed by atoms with E-state index < -0.39 is 29.5 Å². The third kappa shape index (κ3) is 4.93. The summed E-state index contributed by atoms with van der Waals surface area (Å²) in [7, 11) is -0.644. The molecular formula is C26H35BO5. The first-order valence-corrected chi connectivity index (χ1v) is 11.1. The molecule has 3 rings (SSSR count). The van der Waals surface area contributed by atoms with E-state index in [9.17, 15) is 4.79 Å². The largest absolute Gasteiger partial charge is 0.495 e. The zero-order valence-electron chi connectivity index (χ0n) is 20.5. The maximum absolute atomic E-state index is 11.7. The molecule has 1 fully saturated rings. The Balaban J connectivity index is 1.80. The van der Waals surface area contributed by atoms with Crippen LogP contribution in [0.3, 0.4) is 0 Å². The first-order valence-electron chi connectivity index (χ1n) is 11.1. The number of hydrogen-bond donors (Lipinski definition) is 0. The average molecular weight is 438 g/mol. The van der Waals surface area contributed by atoms with Gasteiger partial charge in [-0.2, -0.15) is 0 Å². The average Bonchev–Trinajstić information content (AvgIpc) is 2.94. The van der Waals surface area contributed by atoms with Crippen molar-refractivity contribution in [2.75, 3.05) is 0 Å². The van der Waals surface area contributed by atoms with Crippen molar-refractivity contribution >= 4 is 18.9 Å². The van der Waals surface area contributed by atoms with Crippen LogP contribution in [0.1, 0.15) is 71.3 Å². The highest BCUT2D eigenvalue weighted by atomic mass is 16.7. The maximum atomic E-state index is 11.7. The number of rotatable bonds is 8. The van der Waals surface area contributed by atoms with Gasteiger partial charge >= 0.3 is 7.12 Å². The van der Waals surface area contributed by atoms with Crippen LogP contribution in [-0.2, 0) is 20.7 Å². The first kappa shape index (κ1) is 24.5. The predicted molar refractivity (Wildman–Crippen MR) is 128 cm³/mol. The van der Waals surface area contributed by atoms with Gasteiger partial charge in [0.1, 0.15) is 23.2 Å². The quantitative estimate of drug-likeness (QED) is 0.431. The fourth-order valence-corrected chi connectivity index (χ4v) is 3.33. The Bertz CT molecular complexity index is 934. The van der Waals surface area contributed by atoms with Crippen LogP contribution in [0.2, 0.25) is 0 Å². The fourth-order valence-electron chi connectivity index (χ4n) is 3.33. The van der Waals surface area contributed by atoms with Gasteiger partial charge in [-0.05, 0) is 84.6 Å². The SMILES string of the molecule is CC(C)(OCc1ccccc1)C(C)(C)Oc1ccc(C=O)c(B2OC(C)(C)C(C)(C)O2)c1. The molecule has 0 atom stereocenters. The number of carbonyl (C=O) groups excluding carboxylic acids is 1. The molecule has 0 bridgehead atoms. The first-order chi connectivity index (χ1) is 14.8. The van der Waals surface area contributed by atoms with Crippen molar-refractivity contribution in [1.29, 1.82) is 0 Å². The molecule has 6 heteroatoms. The Morgan fingerprint density at radius 1 is 0.906 bits per heavy atom. The van der Waals surface area contributed by atoms with Gasteiger partial charge in [-0.1, -0.05) is 30.3 Å². The van der Waals surface area contributed by atoms with Crippen LogP contribution in [0, 0.1) is 0 Å². The van der Waals surface area contributed by atoms with Gasteiger partial charge in [-0.15, -0.1) is 0 Å². The summed E-state index contributed by atoms with van der Waals surface area (Å²) in [6, 6.07) is 15.4. The summed E-state index contributed by atoms with van der Waals surface area (Å²) >= 11 is 0. The van der Waals surface area contributed by atoms with Crippen molar-refractivity contribution in [2.45, 2.75) is 84.4 Å². The maximum Gasteiger partial charge on any atom is 0.495 e. The summed E-state index contributed by atoms with van der Waals surface area (Å²) < 4.78 is 25.0. The Kier molecular flexibility index (Phi) is 6.63. The molecule has 1 saturated heterocycles. The van der Waals surface area contributed by atoms with Crippen LogP contribution < -0.4 is 10.2 Å². The number of ether oxygens (including phenoxy) is 2. The van der Waals surface area contributed by atoms with Crippen molar-refractivity contribution in [3.63, 3.8) is 0 Å². The fraction of sp³-hybridized carbons (Fsp3) is 0.500. The Hall–Kier alpha value is -2.15. The van der Waals surface area contributed by atoms with Gasteiger partial charge in [0, 0.05) is 5.56 Å². The molecule has 0 unspecified atom stereocenters. The molecule has 1 heterocycles. The normalized spacial score (nSPS) is 17.9. The predicted octanol–water partition coefficient (Wildman–Crippen LogP) is 4.95. The van der Waals surface area contributed by atoms with Crippen LogP contribution in [0.25, 0.3) is 0 Å². The Labute approximate surface area is 192 Å². The molecule has 1 aliphatic rings. The molecule has 0 saturated carbocycles. The van der Waals surface area contributed by atoms with Crippen LogP contribution in [0.4, 0.5) is 0 Å². The molecule has 172 valence electrons. The van der Waals surface area contributed by atoms with E-state index in [-0.39, 0.29) is 0 Å². The third-order valence-corrected chi connectivity index (χ3v) is 6.96. The molecular weight excluding hydrogens is 403 g/mol. The van der Waals surface area contributed by atoms with E-state index in [2.05, 4.69) is 0 Å². The van der Waals surface area contributed by atoms with Crippen LogP contribution in [0.15, 0.2) is 48.5 Å². The van der Waals surface area contributed by atoms with Crippen molar-refractivity contribution in [3.05, 3.63) is 59.7 Å². The third-order valence-electron chi connectivity index (χ3n) is 6.96. The standard InChI is InChI=1S/C26H35BO5/c1-23(2,29-18-19-12-10-9-11-13-19)24(3,4)30-21-15-14-20(17-28)22(16-21)27-31-25(5,6)26(7,8)32-27/h9-17H,18H2,1-8H3. The Morgan fingerprint density at radius 3 is 2.06 bits per heavy atom. The number of benzene rings is 2. The second-order valence-electron chi connectivity index (χ2n) is 10.4. The van der Waals surface area contributed by atoms with Gasteiger partial charge in [0.25, 0.3) is 0 Å². The summed E-state index contributed by atoms with van der Waals surface area (Å²) in [4.78, 5) is 11.7. The van der Waals surface area contributed by atoms with Crippen molar-refractivity contribution in [1.82, 2.24) is 0 Å². The molecule has 0 amide bonds. The number of aldehydes is 1. The number of carbonyl (C=O) groups is 1. The molecule has 32 heavy (non-hydrogen) atoms. The van der Waals surface area contributed by atoms with E-state index in [1.54, 1.807) is 12.1 Å². The van der Waals surface area contributed by atoms with Gasteiger partial charge in [-0.3, -0.25) is 4.79 Å². The summed E-state index contributed by atoms with van der Waals surface area (Å²) in [5.41, 5.74) is 0.0505. The highest BCUT2D eigenvalue weighted by Crippen LogP contribution is 2.37. The van der Waals surface area contributed by atoms with E-state index in [1.165, 1.54) is 0 Å². The summed E-state index contributed by atoms with van der Waals surface area (Å²) in [6.45, 7) is 16.5. The highest BCUT2D eigenvalue weighted by Gasteiger charge is 2.52. The monoisotopic (exact) mass is 438 g/mol. The number of hydrogen-bond acceptors (Lipinski definition) is 5. The van der Waals surface area contributed by atoms with Crippen LogP contribution in [0.5, 0.6) is 5.75 Å². The minimum absolute atomic E-state index is 0.490. The second-order valence-corrected chi connectivity index (χ2v) is 10.4. The summed E-state index contributed by atoms with van der Waals surface area (Å²) in [5.74, 6) is 0.627. The van der Waals surface area contributed by atoms with E-state index in [0.29, 0.717) is 23.4 Å². The molecule has 0 aliphatic carbocycles. The molecule has 1 aliphatic heterocycles. The van der Waals surface area contributed by atoms with Gasteiger partial charge in [0.05, 0.1) is 17.8 Å². The van der Waals surface area contributed by atoms with Gasteiger partial charge in [0.15, 0.2) is 0 Å². The Morgan fingerprint density at radius 2 is 1.50 bits per heavy atom. The van der Waals surface area contributed by atoms with E-state index in [1.807, 2.05) is 91.8 Å². The molecule has 2 aromatic rings. The van der Waals surface area contributed by atoms with Crippen LogP contribution >= 0.6 is 0 Å². The molecule has 5 nitrogen and oxygen atoms in total. The van der Waals surface area contributed by atoms with Gasteiger partial charge < -0.3 is 18.8 Å². The lowest BCUT2D eigenvalue weighted by atomic mass is 9.76. The molecule has 2 aromatic carbocycles. The molecule has 0 N–H and O–H groups in total. The van der Waals surface area contributed by atoms with Crippen molar-refractivity contribution in [3.8, 4) is 5.75 Å². The molecule has 0 aromatic heterocycles. The minimum Gasteiger partial charge on any atom is -0.485 e. The van der Waals surface area contributed by atoms with Crippen LogP contribution in [-0.4, -0.2) is 35.8 Å². The van der Waals surface area contributed by atoms with Gasteiger partial charge in [-0.25, -0.2) is 0 Å². The topological polar surface area (TPSA) is 54.0 Å². The zero-order chi connectivity index (χ0) is 23.8. The van der Waals surface area contributed by atoms with Crippen molar-refractivity contribution < 1.29 is 23.6 Å².